The third-order valence-electron chi connectivity index (χ3n) is 3.74. The van der Waals surface area contributed by atoms with Gasteiger partial charge in [0.1, 0.15) is 5.60 Å². The van der Waals surface area contributed by atoms with Crippen molar-refractivity contribution in [2.75, 3.05) is 17.2 Å². The van der Waals surface area contributed by atoms with Gasteiger partial charge < -0.3 is 15.4 Å². The van der Waals surface area contributed by atoms with Crippen molar-refractivity contribution in [3.8, 4) is 0 Å². The number of amides is 1. The van der Waals surface area contributed by atoms with Crippen molar-refractivity contribution in [1.29, 1.82) is 0 Å². The van der Waals surface area contributed by atoms with E-state index in [0.717, 1.165) is 24.3 Å². The maximum absolute atomic E-state index is 11.7. The summed E-state index contributed by atoms with van der Waals surface area (Å²) in [6, 6.07) is 8.76. The molecule has 3 N–H and O–H groups in total. The van der Waals surface area contributed by atoms with Crippen LogP contribution < -0.4 is 16.0 Å². The van der Waals surface area contributed by atoms with Gasteiger partial charge >= 0.3 is 6.09 Å². The lowest BCUT2D eigenvalue weighted by atomic mass is 10.1. The van der Waals surface area contributed by atoms with Crippen molar-refractivity contribution in [1.82, 2.24) is 5.32 Å². The minimum absolute atomic E-state index is 0.412. The summed E-state index contributed by atoms with van der Waals surface area (Å²) in [6.07, 6.45) is 3.24. The zero-order valence-electron chi connectivity index (χ0n) is 14.6. The molecule has 1 heterocycles. The molecule has 2 unspecified atom stereocenters. The van der Waals surface area contributed by atoms with Crippen molar-refractivity contribution in [3.05, 3.63) is 24.3 Å². The van der Waals surface area contributed by atoms with Gasteiger partial charge in [-0.05, 0) is 77.8 Å². The Bertz CT molecular complexity index is 502. The van der Waals surface area contributed by atoms with Gasteiger partial charge in [0.2, 0.25) is 0 Å². The molecule has 1 aromatic rings. The monoisotopic (exact) mass is 319 g/mol. The number of ether oxygens (including phenoxy) is 1. The minimum atomic E-state index is -0.491. The zero-order chi connectivity index (χ0) is 16.9. The number of carbonyl (C=O) groups excluding carboxylic acids is 1. The molecule has 23 heavy (non-hydrogen) atoms. The van der Waals surface area contributed by atoms with Crippen molar-refractivity contribution in [3.63, 3.8) is 0 Å². The molecule has 5 nitrogen and oxygen atoms in total. The molecular weight excluding hydrogens is 290 g/mol. The van der Waals surface area contributed by atoms with Crippen LogP contribution in [0.4, 0.5) is 16.2 Å². The Kier molecular flexibility index (Phi) is 5.88. The maximum atomic E-state index is 11.7. The third-order valence-corrected chi connectivity index (χ3v) is 3.74. The van der Waals surface area contributed by atoms with E-state index in [4.69, 9.17) is 4.74 Å². The highest BCUT2D eigenvalue weighted by molar-refractivity contribution is 5.85. The van der Waals surface area contributed by atoms with E-state index < -0.39 is 11.7 Å². The topological polar surface area (TPSA) is 62.4 Å². The van der Waals surface area contributed by atoms with Crippen LogP contribution in [0.1, 0.15) is 47.0 Å². The summed E-state index contributed by atoms with van der Waals surface area (Å²) in [7, 11) is 0. The van der Waals surface area contributed by atoms with E-state index in [9.17, 15) is 4.79 Å². The van der Waals surface area contributed by atoms with Crippen LogP contribution >= 0.6 is 0 Å². The van der Waals surface area contributed by atoms with Crippen molar-refractivity contribution < 1.29 is 9.53 Å². The lowest BCUT2D eigenvalue weighted by Gasteiger charge is -2.20. The number of hydrogen-bond acceptors (Lipinski definition) is 4. The summed E-state index contributed by atoms with van der Waals surface area (Å²) in [4.78, 5) is 11.7. The van der Waals surface area contributed by atoms with Gasteiger partial charge in [0.15, 0.2) is 0 Å². The highest BCUT2D eigenvalue weighted by Gasteiger charge is 2.17. The Hall–Kier alpha value is -1.75. The number of benzene rings is 1. The van der Waals surface area contributed by atoms with Crippen LogP contribution in [-0.2, 0) is 4.74 Å². The van der Waals surface area contributed by atoms with Gasteiger partial charge in [0, 0.05) is 23.5 Å². The molecule has 0 aliphatic carbocycles. The molecule has 1 fully saturated rings. The summed E-state index contributed by atoms with van der Waals surface area (Å²) in [5.74, 6) is 0. The third kappa shape index (κ3) is 6.48. The molecule has 5 heteroatoms. The van der Waals surface area contributed by atoms with Gasteiger partial charge in [-0.2, -0.15) is 0 Å². The van der Waals surface area contributed by atoms with Gasteiger partial charge in [-0.3, -0.25) is 5.32 Å². The fourth-order valence-electron chi connectivity index (χ4n) is 2.80. The Morgan fingerprint density at radius 1 is 1.30 bits per heavy atom. The summed E-state index contributed by atoms with van der Waals surface area (Å²) < 4.78 is 5.24. The molecule has 128 valence electrons. The van der Waals surface area contributed by atoms with Crippen LogP contribution in [0, 0.1) is 0 Å². The SMILES string of the molecule is CC(CC1CCCN1)Nc1ccc(NC(=O)OC(C)(C)C)cc1. The largest absolute Gasteiger partial charge is 0.444 e. The van der Waals surface area contributed by atoms with Gasteiger partial charge in [-0.1, -0.05) is 0 Å². The second kappa shape index (κ2) is 7.68. The predicted octanol–water partition coefficient (Wildman–Crippen LogP) is 3.98. The van der Waals surface area contributed by atoms with E-state index in [-0.39, 0.29) is 0 Å². The predicted molar refractivity (Wildman–Crippen MR) is 95.0 cm³/mol. The second-order valence-corrected chi connectivity index (χ2v) is 7.28. The molecule has 1 aliphatic rings. The summed E-state index contributed by atoms with van der Waals surface area (Å²) in [5.41, 5.74) is 1.30. The zero-order valence-corrected chi connectivity index (χ0v) is 14.6. The lowest BCUT2D eigenvalue weighted by molar-refractivity contribution is 0.0636. The number of hydrogen-bond donors (Lipinski definition) is 3. The first-order chi connectivity index (χ1) is 10.8. The quantitative estimate of drug-likeness (QED) is 0.768. The smallest absolute Gasteiger partial charge is 0.412 e. The molecule has 0 bridgehead atoms. The second-order valence-electron chi connectivity index (χ2n) is 7.28. The molecule has 1 saturated heterocycles. The standard InChI is InChI=1S/C18H29N3O2/c1-13(12-16-6-5-11-19-16)20-14-7-9-15(10-8-14)21-17(22)23-18(2,3)4/h7-10,13,16,19-20H,5-6,11-12H2,1-4H3,(H,21,22). The summed E-state index contributed by atoms with van der Waals surface area (Å²) in [6.45, 7) is 8.88. The fourth-order valence-corrected chi connectivity index (χ4v) is 2.80. The molecular formula is C18H29N3O2. The molecule has 0 spiro atoms. The first kappa shape index (κ1) is 17.6. The van der Waals surface area contributed by atoms with Crippen LogP contribution in [0.5, 0.6) is 0 Å². The average Bonchev–Trinajstić information content (AvgIpc) is 2.91. The summed E-state index contributed by atoms with van der Waals surface area (Å²) >= 11 is 0. The number of nitrogens with one attached hydrogen (secondary N) is 3. The average molecular weight is 319 g/mol. The molecule has 0 radical (unpaired) electrons. The highest BCUT2D eigenvalue weighted by Crippen LogP contribution is 2.18. The van der Waals surface area contributed by atoms with Crippen LogP contribution in [0.3, 0.4) is 0 Å². The Morgan fingerprint density at radius 2 is 1.96 bits per heavy atom. The van der Waals surface area contributed by atoms with Gasteiger partial charge in [0.25, 0.3) is 0 Å². The van der Waals surface area contributed by atoms with Gasteiger partial charge in [-0.15, -0.1) is 0 Å². The lowest BCUT2D eigenvalue weighted by Crippen LogP contribution is -2.29. The first-order valence-electron chi connectivity index (χ1n) is 8.42. The van der Waals surface area contributed by atoms with E-state index in [1.807, 2.05) is 45.0 Å². The minimum Gasteiger partial charge on any atom is -0.444 e. The van der Waals surface area contributed by atoms with Gasteiger partial charge in [0.05, 0.1) is 0 Å². The Morgan fingerprint density at radius 3 is 2.52 bits per heavy atom. The normalized spacial score (nSPS) is 19.2. The van der Waals surface area contributed by atoms with Crippen molar-refractivity contribution >= 4 is 17.5 Å². The van der Waals surface area contributed by atoms with Crippen molar-refractivity contribution in [2.45, 2.75) is 64.6 Å². The molecule has 0 aromatic heterocycles. The molecule has 0 saturated carbocycles. The van der Waals surface area contributed by atoms with E-state index in [1.54, 1.807) is 0 Å². The molecule has 1 amide bonds. The van der Waals surface area contributed by atoms with Crippen molar-refractivity contribution in [2.24, 2.45) is 0 Å². The number of carbonyl (C=O) groups is 1. The number of anilines is 2. The molecule has 2 atom stereocenters. The van der Waals surface area contributed by atoms with Crippen LogP contribution in [0.2, 0.25) is 0 Å². The first-order valence-corrected chi connectivity index (χ1v) is 8.42. The van der Waals surface area contributed by atoms with E-state index in [0.29, 0.717) is 12.1 Å². The Balaban J connectivity index is 1.80. The highest BCUT2D eigenvalue weighted by atomic mass is 16.6. The Labute approximate surface area is 139 Å². The molecule has 2 rings (SSSR count). The van der Waals surface area contributed by atoms with E-state index in [1.165, 1.54) is 12.8 Å². The van der Waals surface area contributed by atoms with Gasteiger partial charge in [-0.25, -0.2) is 4.79 Å². The van der Waals surface area contributed by atoms with Crippen LogP contribution in [-0.4, -0.2) is 30.3 Å². The molecule has 1 aromatic carbocycles. The fraction of sp³-hybridized carbons (Fsp3) is 0.611. The summed E-state index contributed by atoms with van der Waals surface area (Å²) in [5, 5.41) is 9.76. The van der Waals surface area contributed by atoms with E-state index >= 15 is 0 Å². The molecule has 1 aliphatic heterocycles. The number of rotatable bonds is 5. The van der Waals surface area contributed by atoms with E-state index in [2.05, 4.69) is 22.9 Å². The van der Waals surface area contributed by atoms with Crippen LogP contribution in [0.15, 0.2) is 24.3 Å². The maximum Gasteiger partial charge on any atom is 0.412 e. The van der Waals surface area contributed by atoms with Crippen LogP contribution in [0.25, 0.3) is 0 Å².